The van der Waals surface area contributed by atoms with E-state index in [1.165, 1.54) is 18.2 Å². The molecule has 1 aliphatic carbocycles. The number of carbonyl (C=O) groups excluding carboxylic acids is 2. The minimum atomic E-state index is -0.815. The van der Waals surface area contributed by atoms with E-state index < -0.39 is 53.7 Å². The van der Waals surface area contributed by atoms with Crippen molar-refractivity contribution in [2.75, 3.05) is 0 Å². The molecule has 0 bridgehead atoms. The lowest BCUT2D eigenvalue weighted by Crippen LogP contribution is -2.51. The third-order valence-electron chi connectivity index (χ3n) is 5.72. The van der Waals surface area contributed by atoms with Gasteiger partial charge in [0.2, 0.25) is 0 Å². The number of carbonyl (C=O) groups is 2. The highest BCUT2D eigenvalue weighted by atomic mass is 16.7. The lowest BCUT2D eigenvalue weighted by atomic mass is 9.81. The number of rotatable bonds is 3. The normalized spacial score (nSPS) is 26.8. The third-order valence-corrected chi connectivity index (χ3v) is 5.72. The number of aromatic hydroxyl groups is 2. The number of ketones is 2. The van der Waals surface area contributed by atoms with Gasteiger partial charge >= 0.3 is 0 Å². The molecule has 4 rings (SSSR count). The maximum atomic E-state index is 13.0. The lowest BCUT2D eigenvalue weighted by molar-refractivity contribution is -0.238. The van der Waals surface area contributed by atoms with Crippen molar-refractivity contribution in [2.24, 2.45) is 5.73 Å². The summed E-state index contributed by atoms with van der Waals surface area (Å²) in [7, 11) is 0. The van der Waals surface area contributed by atoms with E-state index in [0.717, 1.165) is 0 Å². The zero-order valence-electron chi connectivity index (χ0n) is 16.5. The Morgan fingerprint density at radius 3 is 2.33 bits per heavy atom. The van der Waals surface area contributed by atoms with Gasteiger partial charge in [0.15, 0.2) is 17.9 Å². The van der Waals surface area contributed by atoms with Gasteiger partial charge in [-0.3, -0.25) is 9.59 Å². The minimum Gasteiger partial charge on any atom is -0.507 e. The number of fused-ring (bicyclic) bond motifs is 2. The van der Waals surface area contributed by atoms with Crippen LogP contribution in [-0.2, 0) is 9.47 Å². The molecule has 1 heterocycles. The first-order valence-electron chi connectivity index (χ1n) is 9.72. The zero-order valence-corrected chi connectivity index (χ0v) is 16.5. The molecule has 5 N–H and O–H groups in total. The molecular weight excluding hydrogens is 390 g/mol. The van der Waals surface area contributed by atoms with Gasteiger partial charge in [0.25, 0.3) is 0 Å². The Hall–Kier alpha value is -2.78. The predicted molar refractivity (Wildman–Crippen MR) is 106 cm³/mol. The van der Waals surface area contributed by atoms with Gasteiger partial charge in [-0.25, -0.2) is 0 Å². The fraction of sp³-hybridized carbons (Fsp3) is 0.364. The van der Waals surface area contributed by atoms with E-state index in [-0.39, 0.29) is 34.2 Å². The van der Waals surface area contributed by atoms with Gasteiger partial charge in [-0.2, -0.15) is 0 Å². The van der Waals surface area contributed by atoms with Crippen LogP contribution in [0.25, 0.3) is 0 Å². The van der Waals surface area contributed by atoms with Crippen molar-refractivity contribution in [2.45, 2.75) is 50.9 Å². The molecule has 5 atom stereocenters. The van der Waals surface area contributed by atoms with E-state index in [2.05, 4.69) is 0 Å². The molecule has 2 aromatic rings. The standard InChI is InChI=1S/C22H23NO7/c1-9(29-16-8-14(23)19(25)10(2)30-16)13-7-15(24)17-18(22(13)28)21(27)12-6-4-3-5-11(12)20(17)26/h3-7,9-10,14,16,19,24-25,28H,8,23H2,1-2H3/t9-,10-,14-,16+,19+/m0/s1. The van der Waals surface area contributed by atoms with E-state index in [1.54, 1.807) is 26.0 Å². The average Bonchev–Trinajstić information content (AvgIpc) is 2.71. The van der Waals surface area contributed by atoms with E-state index in [4.69, 9.17) is 15.2 Å². The highest BCUT2D eigenvalue weighted by Gasteiger charge is 2.38. The summed E-state index contributed by atoms with van der Waals surface area (Å²) < 4.78 is 11.5. The Morgan fingerprint density at radius 1 is 1.13 bits per heavy atom. The van der Waals surface area contributed by atoms with Crippen LogP contribution in [0.3, 0.4) is 0 Å². The number of phenolic OH excluding ortho intramolecular Hbond substituents is 2. The number of phenols is 2. The maximum Gasteiger partial charge on any atom is 0.198 e. The topological polar surface area (TPSA) is 139 Å². The van der Waals surface area contributed by atoms with Crippen LogP contribution in [-0.4, -0.2) is 51.4 Å². The fourth-order valence-electron chi connectivity index (χ4n) is 4.06. The Balaban J connectivity index is 1.69. The van der Waals surface area contributed by atoms with E-state index >= 15 is 0 Å². The zero-order chi connectivity index (χ0) is 21.7. The summed E-state index contributed by atoms with van der Waals surface area (Å²) in [6.07, 6.45) is -2.65. The molecule has 0 radical (unpaired) electrons. The molecule has 2 aromatic carbocycles. The van der Waals surface area contributed by atoms with Crippen molar-refractivity contribution in [1.29, 1.82) is 0 Å². The van der Waals surface area contributed by atoms with Crippen LogP contribution >= 0.6 is 0 Å². The molecule has 158 valence electrons. The van der Waals surface area contributed by atoms with E-state index in [0.29, 0.717) is 0 Å². The Bertz CT molecular complexity index is 1020. The molecule has 0 aromatic heterocycles. The molecule has 1 fully saturated rings. The Morgan fingerprint density at radius 2 is 1.73 bits per heavy atom. The summed E-state index contributed by atoms with van der Waals surface area (Å²) in [5, 5.41) is 31.3. The molecule has 8 heteroatoms. The quantitative estimate of drug-likeness (QED) is 0.477. The van der Waals surface area contributed by atoms with Crippen molar-refractivity contribution in [3.63, 3.8) is 0 Å². The van der Waals surface area contributed by atoms with Gasteiger partial charge in [-0.15, -0.1) is 0 Å². The van der Waals surface area contributed by atoms with Crippen LogP contribution in [0.5, 0.6) is 11.5 Å². The van der Waals surface area contributed by atoms with Crippen LogP contribution in [0.4, 0.5) is 0 Å². The number of benzene rings is 2. The summed E-state index contributed by atoms with van der Waals surface area (Å²) in [4.78, 5) is 25.8. The largest absolute Gasteiger partial charge is 0.507 e. The van der Waals surface area contributed by atoms with Crippen molar-refractivity contribution in [3.8, 4) is 11.5 Å². The smallest absolute Gasteiger partial charge is 0.198 e. The van der Waals surface area contributed by atoms with E-state index in [1.807, 2.05) is 0 Å². The second kappa shape index (κ2) is 7.48. The Labute approximate surface area is 172 Å². The van der Waals surface area contributed by atoms with Gasteiger partial charge in [-0.05, 0) is 19.9 Å². The molecule has 1 aliphatic heterocycles. The van der Waals surface area contributed by atoms with Crippen molar-refractivity contribution in [3.05, 3.63) is 58.1 Å². The van der Waals surface area contributed by atoms with Gasteiger partial charge < -0.3 is 30.5 Å². The monoisotopic (exact) mass is 413 g/mol. The lowest BCUT2D eigenvalue weighted by Gasteiger charge is -2.37. The summed E-state index contributed by atoms with van der Waals surface area (Å²) >= 11 is 0. The van der Waals surface area contributed by atoms with Crippen LogP contribution in [0.2, 0.25) is 0 Å². The van der Waals surface area contributed by atoms with Gasteiger partial charge in [-0.1, -0.05) is 24.3 Å². The molecule has 1 saturated heterocycles. The molecule has 30 heavy (non-hydrogen) atoms. The van der Waals surface area contributed by atoms with Crippen LogP contribution in [0.1, 0.15) is 63.8 Å². The summed E-state index contributed by atoms with van der Waals surface area (Å²) in [5.74, 6) is -1.91. The highest BCUT2D eigenvalue weighted by Crippen LogP contribution is 2.43. The van der Waals surface area contributed by atoms with E-state index in [9.17, 15) is 24.9 Å². The molecule has 0 amide bonds. The van der Waals surface area contributed by atoms with Crippen molar-refractivity contribution < 1.29 is 34.4 Å². The molecular formula is C22H23NO7. The molecule has 0 spiro atoms. The van der Waals surface area contributed by atoms with Crippen molar-refractivity contribution in [1.82, 2.24) is 0 Å². The maximum absolute atomic E-state index is 13.0. The summed E-state index contributed by atoms with van der Waals surface area (Å²) in [5.41, 5.74) is 5.94. The first-order valence-corrected chi connectivity index (χ1v) is 9.72. The first-order chi connectivity index (χ1) is 14.2. The van der Waals surface area contributed by atoms with Gasteiger partial charge in [0.1, 0.15) is 11.5 Å². The predicted octanol–water partition coefficient (Wildman–Crippen LogP) is 1.77. The molecule has 8 nitrogen and oxygen atoms in total. The number of hydrogen-bond acceptors (Lipinski definition) is 8. The first kappa shape index (κ1) is 20.5. The SMILES string of the molecule is C[C@H](O[C@H]1C[C@H](N)[C@H](O)[C@H](C)O1)c1cc(O)c2c(c1O)C(=O)c1ccccc1C2=O. The number of hydrogen-bond donors (Lipinski definition) is 4. The van der Waals surface area contributed by atoms with Crippen molar-refractivity contribution >= 4 is 11.6 Å². The Kier molecular flexibility index (Phi) is 5.11. The number of nitrogens with two attached hydrogens (primary N) is 1. The van der Waals surface area contributed by atoms with Gasteiger partial charge in [0.05, 0.1) is 29.4 Å². The van der Waals surface area contributed by atoms with Crippen LogP contribution < -0.4 is 5.73 Å². The number of ether oxygens (including phenoxy) is 2. The third kappa shape index (κ3) is 3.18. The number of aliphatic hydroxyl groups is 1. The summed E-state index contributed by atoms with van der Waals surface area (Å²) in [6, 6.07) is 6.95. The molecule has 2 aliphatic rings. The van der Waals surface area contributed by atoms with Crippen LogP contribution in [0.15, 0.2) is 30.3 Å². The average molecular weight is 413 g/mol. The second-order valence-corrected chi connectivity index (χ2v) is 7.73. The van der Waals surface area contributed by atoms with Crippen LogP contribution in [0, 0.1) is 0 Å². The highest BCUT2D eigenvalue weighted by molar-refractivity contribution is 6.30. The van der Waals surface area contributed by atoms with Gasteiger partial charge in [0, 0.05) is 29.2 Å². The number of aliphatic hydroxyl groups excluding tert-OH is 1. The molecule has 0 saturated carbocycles. The minimum absolute atomic E-state index is 0.141. The fourth-order valence-corrected chi connectivity index (χ4v) is 4.06. The molecule has 0 unspecified atom stereocenters. The summed E-state index contributed by atoms with van der Waals surface area (Å²) in [6.45, 7) is 3.29. The second-order valence-electron chi connectivity index (χ2n) is 7.73.